The standard InChI is InChI=1S/C26H30N2O4/c29-23(17-27-10-7-19-3-1-2-4-22(19)16-27)18-28-11-14-32-25-15-21(5-6-24(25)26(28)30)20-8-12-31-13-9-20/h1-6,8,15,23,29H,7,9-14,16-18H2. The Hall–Kier alpha value is -2.67. The lowest BCUT2D eigenvalue weighted by Gasteiger charge is -2.32. The van der Waals surface area contributed by atoms with Crippen LogP contribution in [0.5, 0.6) is 5.75 Å². The first-order chi connectivity index (χ1) is 15.7. The Morgan fingerprint density at radius 3 is 2.72 bits per heavy atom. The van der Waals surface area contributed by atoms with Crippen molar-refractivity contribution in [2.75, 3.05) is 46.0 Å². The van der Waals surface area contributed by atoms with E-state index in [-0.39, 0.29) is 5.91 Å². The number of β-amino-alcohol motifs (C(OH)–C–C–N with tert-alkyl or cyclic N) is 1. The van der Waals surface area contributed by atoms with Gasteiger partial charge in [-0.05, 0) is 47.2 Å². The van der Waals surface area contributed by atoms with Crippen LogP contribution in [0.25, 0.3) is 5.57 Å². The molecular formula is C26H30N2O4. The third-order valence-electron chi connectivity index (χ3n) is 6.56. The normalized spacial score (nSPS) is 20.0. The Labute approximate surface area is 189 Å². The number of ether oxygens (including phenoxy) is 2. The lowest BCUT2D eigenvalue weighted by atomic mass is 9.99. The van der Waals surface area contributed by atoms with Gasteiger partial charge in [0.2, 0.25) is 0 Å². The minimum absolute atomic E-state index is 0.0759. The van der Waals surface area contributed by atoms with Crippen molar-refractivity contribution < 1.29 is 19.4 Å². The van der Waals surface area contributed by atoms with Gasteiger partial charge >= 0.3 is 0 Å². The molecule has 2 aromatic rings. The number of rotatable bonds is 5. The number of nitrogens with zero attached hydrogens (tertiary/aromatic N) is 2. The molecule has 0 aliphatic carbocycles. The molecule has 6 nitrogen and oxygen atoms in total. The molecule has 2 aromatic carbocycles. The maximum atomic E-state index is 13.2. The first-order valence-electron chi connectivity index (χ1n) is 11.5. The van der Waals surface area contributed by atoms with Crippen LogP contribution in [0.15, 0.2) is 48.5 Å². The van der Waals surface area contributed by atoms with Crippen LogP contribution in [0.1, 0.15) is 33.5 Å². The summed E-state index contributed by atoms with van der Waals surface area (Å²) in [4.78, 5) is 17.2. The van der Waals surface area contributed by atoms with Crippen molar-refractivity contribution in [3.05, 3.63) is 70.8 Å². The third kappa shape index (κ3) is 4.58. The summed E-state index contributed by atoms with van der Waals surface area (Å²) in [5.41, 5.74) is 5.60. The molecular weight excluding hydrogens is 404 g/mol. The summed E-state index contributed by atoms with van der Waals surface area (Å²) in [7, 11) is 0. The van der Waals surface area contributed by atoms with Gasteiger partial charge in [0.15, 0.2) is 0 Å². The second-order valence-electron chi connectivity index (χ2n) is 8.77. The highest BCUT2D eigenvalue weighted by Gasteiger charge is 2.27. The lowest BCUT2D eigenvalue weighted by Crippen LogP contribution is -2.44. The second kappa shape index (κ2) is 9.45. The average Bonchev–Trinajstić information content (AvgIpc) is 2.98. The van der Waals surface area contributed by atoms with Gasteiger partial charge in [0.1, 0.15) is 12.4 Å². The smallest absolute Gasteiger partial charge is 0.257 e. The molecule has 32 heavy (non-hydrogen) atoms. The van der Waals surface area contributed by atoms with E-state index in [0.29, 0.717) is 44.2 Å². The van der Waals surface area contributed by atoms with Gasteiger partial charge in [0.05, 0.1) is 31.4 Å². The van der Waals surface area contributed by atoms with E-state index >= 15 is 0 Å². The van der Waals surface area contributed by atoms with Gasteiger partial charge in [-0.2, -0.15) is 0 Å². The molecule has 0 saturated heterocycles. The van der Waals surface area contributed by atoms with E-state index in [4.69, 9.17) is 9.47 Å². The monoisotopic (exact) mass is 434 g/mol. The summed E-state index contributed by atoms with van der Waals surface area (Å²) in [6.07, 6.45) is 3.35. The fraction of sp³-hybridized carbons (Fsp3) is 0.423. The highest BCUT2D eigenvalue weighted by Crippen LogP contribution is 2.30. The molecule has 1 unspecified atom stereocenters. The molecule has 0 spiro atoms. The number of aliphatic hydroxyl groups excluding tert-OH is 1. The van der Waals surface area contributed by atoms with Crippen LogP contribution in [0.4, 0.5) is 0 Å². The Bertz CT molecular complexity index is 1020. The van der Waals surface area contributed by atoms with E-state index in [1.165, 1.54) is 16.7 Å². The van der Waals surface area contributed by atoms with Crippen LogP contribution < -0.4 is 4.74 Å². The summed E-state index contributed by atoms with van der Waals surface area (Å²) < 4.78 is 11.3. The van der Waals surface area contributed by atoms with Crippen LogP contribution in [-0.4, -0.2) is 72.9 Å². The van der Waals surface area contributed by atoms with Crippen LogP contribution in [0, 0.1) is 0 Å². The number of hydrogen-bond acceptors (Lipinski definition) is 5. The number of benzene rings is 2. The van der Waals surface area contributed by atoms with Gasteiger partial charge in [0.25, 0.3) is 5.91 Å². The van der Waals surface area contributed by atoms with Crippen molar-refractivity contribution in [1.29, 1.82) is 0 Å². The molecule has 1 amide bonds. The van der Waals surface area contributed by atoms with Gasteiger partial charge in [0, 0.05) is 26.2 Å². The topological polar surface area (TPSA) is 62.2 Å². The fourth-order valence-corrected chi connectivity index (χ4v) is 4.84. The quantitative estimate of drug-likeness (QED) is 0.784. The molecule has 168 valence electrons. The Morgan fingerprint density at radius 1 is 1.00 bits per heavy atom. The van der Waals surface area contributed by atoms with E-state index in [2.05, 4.69) is 35.2 Å². The highest BCUT2D eigenvalue weighted by molar-refractivity contribution is 5.97. The molecule has 0 radical (unpaired) electrons. The highest BCUT2D eigenvalue weighted by atomic mass is 16.5. The van der Waals surface area contributed by atoms with Crippen molar-refractivity contribution in [1.82, 2.24) is 9.80 Å². The SMILES string of the molecule is O=C1c2ccc(C3=CCOCC3)cc2OCCN1CC(O)CN1CCc2ccccc2C1. The Kier molecular flexibility index (Phi) is 6.26. The number of fused-ring (bicyclic) bond motifs is 2. The summed E-state index contributed by atoms with van der Waals surface area (Å²) in [6.45, 7) is 4.88. The molecule has 5 rings (SSSR count). The molecule has 3 aliphatic rings. The molecule has 1 N–H and O–H groups in total. The Balaban J connectivity index is 1.23. The molecule has 6 heteroatoms. The van der Waals surface area contributed by atoms with Crippen molar-refractivity contribution in [3.63, 3.8) is 0 Å². The minimum Gasteiger partial charge on any atom is -0.491 e. The molecule has 0 aromatic heterocycles. The van der Waals surface area contributed by atoms with Gasteiger partial charge in [-0.1, -0.05) is 36.4 Å². The zero-order valence-corrected chi connectivity index (χ0v) is 18.3. The van der Waals surface area contributed by atoms with Crippen LogP contribution in [0.3, 0.4) is 0 Å². The first-order valence-corrected chi connectivity index (χ1v) is 11.5. The fourth-order valence-electron chi connectivity index (χ4n) is 4.84. The number of aliphatic hydroxyl groups is 1. The van der Waals surface area contributed by atoms with Crippen molar-refractivity contribution in [2.45, 2.75) is 25.5 Å². The maximum absolute atomic E-state index is 13.2. The first kappa shape index (κ1) is 21.2. The Morgan fingerprint density at radius 2 is 1.88 bits per heavy atom. The van der Waals surface area contributed by atoms with Gasteiger partial charge in [-0.15, -0.1) is 0 Å². The van der Waals surface area contributed by atoms with Crippen molar-refractivity contribution >= 4 is 11.5 Å². The number of hydrogen-bond donors (Lipinski definition) is 1. The average molecular weight is 435 g/mol. The van der Waals surface area contributed by atoms with E-state index in [1.54, 1.807) is 4.90 Å². The predicted molar refractivity (Wildman–Crippen MR) is 123 cm³/mol. The van der Waals surface area contributed by atoms with E-state index < -0.39 is 6.10 Å². The predicted octanol–water partition coefficient (Wildman–Crippen LogP) is 2.74. The zero-order chi connectivity index (χ0) is 21.9. The third-order valence-corrected chi connectivity index (χ3v) is 6.56. The molecule has 0 bridgehead atoms. The minimum atomic E-state index is -0.600. The van der Waals surface area contributed by atoms with E-state index in [0.717, 1.165) is 38.1 Å². The largest absolute Gasteiger partial charge is 0.491 e. The second-order valence-corrected chi connectivity index (χ2v) is 8.77. The number of amides is 1. The molecule has 0 saturated carbocycles. The van der Waals surface area contributed by atoms with Crippen LogP contribution >= 0.6 is 0 Å². The molecule has 0 fully saturated rings. The maximum Gasteiger partial charge on any atom is 0.257 e. The van der Waals surface area contributed by atoms with Crippen LogP contribution in [-0.2, 0) is 17.7 Å². The molecule has 1 atom stereocenters. The van der Waals surface area contributed by atoms with Gasteiger partial charge < -0.3 is 19.5 Å². The zero-order valence-electron chi connectivity index (χ0n) is 18.3. The van der Waals surface area contributed by atoms with Crippen molar-refractivity contribution in [2.24, 2.45) is 0 Å². The summed E-state index contributed by atoms with van der Waals surface area (Å²) >= 11 is 0. The summed E-state index contributed by atoms with van der Waals surface area (Å²) in [6, 6.07) is 14.3. The van der Waals surface area contributed by atoms with Gasteiger partial charge in [-0.25, -0.2) is 0 Å². The van der Waals surface area contributed by atoms with Crippen LogP contribution in [0.2, 0.25) is 0 Å². The number of carbonyl (C=O) groups is 1. The van der Waals surface area contributed by atoms with E-state index in [9.17, 15) is 9.90 Å². The summed E-state index contributed by atoms with van der Waals surface area (Å²) in [5.74, 6) is 0.553. The van der Waals surface area contributed by atoms with Gasteiger partial charge in [-0.3, -0.25) is 9.69 Å². The summed E-state index contributed by atoms with van der Waals surface area (Å²) in [5, 5.41) is 10.8. The van der Waals surface area contributed by atoms with Crippen molar-refractivity contribution in [3.8, 4) is 5.75 Å². The molecule has 3 heterocycles. The molecule has 3 aliphatic heterocycles. The number of carbonyl (C=O) groups excluding carboxylic acids is 1. The van der Waals surface area contributed by atoms with E-state index in [1.807, 2.05) is 18.2 Å². The lowest BCUT2D eigenvalue weighted by molar-refractivity contribution is 0.0501.